The molecule has 1 N–H and O–H groups in total. The number of carbonyl (C=O) groups excluding carboxylic acids is 3. The molecule has 5 nitrogen and oxygen atoms in total. The van der Waals surface area contributed by atoms with Crippen molar-refractivity contribution in [3.8, 4) is 0 Å². The minimum Gasteiger partial charge on any atom is -0.326 e. The van der Waals surface area contributed by atoms with Crippen molar-refractivity contribution in [2.75, 3.05) is 5.32 Å². The molecule has 0 spiro atoms. The van der Waals surface area contributed by atoms with E-state index in [0.29, 0.717) is 11.8 Å². The highest BCUT2D eigenvalue weighted by molar-refractivity contribution is 14.1. The van der Waals surface area contributed by atoms with Crippen LogP contribution in [0.1, 0.15) is 32.1 Å². The monoisotopic (exact) mass is 516 g/mol. The molecule has 4 fully saturated rings. The lowest BCUT2D eigenvalue weighted by atomic mass is 9.63. The lowest BCUT2D eigenvalue weighted by molar-refractivity contribution is -0.144. The van der Waals surface area contributed by atoms with Crippen molar-refractivity contribution < 1.29 is 14.4 Å². The van der Waals surface area contributed by atoms with Gasteiger partial charge < -0.3 is 5.32 Å². The first-order valence-electron chi connectivity index (χ1n) is 11.1. The Morgan fingerprint density at radius 2 is 1.47 bits per heavy atom. The van der Waals surface area contributed by atoms with Crippen LogP contribution in [0, 0.1) is 45.0 Å². The van der Waals surface area contributed by atoms with Crippen LogP contribution >= 0.6 is 22.6 Å². The van der Waals surface area contributed by atoms with E-state index in [0.717, 1.165) is 34.9 Å². The molecule has 1 aromatic rings. The molecule has 7 rings (SSSR count). The van der Waals surface area contributed by atoms with Gasteiger partial charge in [0.1, 0.15) is 0 Å². The van der Waals surface area contributed by atoms with Gasteiger partial charge in [-0.15, -0.1) is 0 Å². The number of anilines is 1. The third-order valence-corrected chi connectivity index (χ3v) is 8.96. The molecular weight excluding hydrogens is 491 g/mol. The predicted molar refractivity (Wildman–Crippen MR) is 120 cm³/mol. The van der Waals surface area contributed by atoms with Crippen LogP contribution in [0.4, 0.5) is 5.69 Å². The lowest BCUT2D eigenvalue weighted by Crippen LogP contribution is -2.44. The van der Waals surface area contributed by atoms with Gasteiger partial charge in [0.05, 0.1) is 11.8 Å². The summed E-state index contributed by atoms with van der Waals surface area (Å²) in [6.07, 6.45) is 8.56. The molecule has 6 aliphatic rings. The molecule has 6 atom stereocenters. The van der Waals surface area contributed by atoms with E-state index in [1.807, 2.05) is 24.3 Å². The normalized spacial score (nSPS) is 40.9. The second-order valence-electron chi connectivity index (χ2n) is 9.70. The zero-order valence-electron chi connectivity index (χ0n) is 16.7. The van der Waals surface area contributed by atoms with Gasteiger partial charge in [-0.2, -0.15) is 0 Å². The van der Waals surface area contributed by atoms with Gasteiger partial charge >= 0.3 is 0 Å². The summed E-state index contributed by atoms with van der Waals surface area (Å²) < 4.78 is 1.13. The Kier molecular flexibility index (Phi) is 4.38. The number of hydrogen-bond donors (Lipinski definition) is 1. The molecule has 1 aliphatic heterocycles. The van der Waals surface area contributed by atoms with Crippen molar-refractivity contribution in [1.29, 1.82) is 0 Å². The van der Waals surface area contributed by atoms with Crippen molar-refractivity contribution in [2.24, 2.45) is 41.4 Å². The Morgan fingerprint density at radius 1 is 0.900 bits per heavy atom. The summed E-state index contributed by atoms with van der Waals surface area (Å²) in [7, 11) is 0. The molecule has 3 amide bonds. The Morgan fingerprint density at radius 3 is 2.03 bits per heavy atom. The van der Waals surface area contributed by atoms with Crippen molar-refractivity contribution in [3.05, 3.63) is 40.0 Å². The van der Waals surface area contributed by atoms with E-state index in [9.17, 15) is 14.4 Å². The largest absolute Gasteiger partial charge is 0.326 e. The first kappa shape index (κ1) is 19.0. The number of nitrogens with zero attached hydrogens (tertiary/aromatic N) is 1. The fourth-order valence-corrected chi connectivity index (χ4v) is 7.07. The number of halogens is 1. The number of rotatable bonds is 3. The quantitative estimate of drug-likeness (QED) is 0.377. The SMILES string of the molecule is O=C(Nc1ccc(I)cc1)C1CCC(N2C(=O)[C@@H]3[C@H]4C=C[C@H]([C@H]5C[C@@H]45)[C@@H]3C2=O)CC1. The zero-order valence-corrected chi connectivity index (χ0v) is 18.8. The average molecular weight is 516 g/mol. The van der Waals surface area contributed by atoms with Gasteiger partial charge in [0.25, 0.3) is 0 Å². The summed E-state index contributed by atoms with van der Waals surface area (Å²) in [4.78, 5) is 40.9. The molecule has 0 aromatic heterocycles. The Labute approximate surface area is 189 Å². The van der Waals surface area contributed by atoms with Crippen molar-refractivity contribution in [3.63, 3.8) is 0 Å². The fourth-order valence-electron chi connectivity index (χ4n) is 6.71. The highest BCUT2D eigenvalue weighted by Crippen LogP contribution is 2.65. The summed E-state index contributed by atoms with van der Waals surface area (Å²) in [6, 6.07) is 7.75. The molecule has 30 heavy (non-hydrogen) atoms. The van der Waals surface area contributed by atoms with Gasteiger partial charge in [-0.1, -0.05) is 12.2 Å². The van der Waals surface area contributed by atoms with Crippen LogP contribution in [0.5, 0.6) is 0 Å². The second kappa shape index (κ2) is 6.90. The number of benzene rings is 1. The summed E-state index contributed by atoms with van der Waals surface area (Å²) in [5.74, 6) is 1.74. The number of amides is 3. The highest BCUT2D eigenvalue weighted by Gasteiger charge is 2.67. The Balaban J connectivity index is 1.11. The minimum atomic E-state index is -0.113. The van der Waals surface area contributed by atoms with E-state index in [-0.39, 0.29) is 53.4 Å². The third-order valence-electron chi connectivity index (χ3n) is 8.24. The maximum absolute atomic E-state index is 13.3. The first-order valence-corrected chi connectivity index (χ1v) is 12.2. The molecule has 5 aliphatic carbocycles. The fraction of sp³-hybridized carbons (Fsp3) is 0.542. The molecule has 0 radical (unpaired) electrons. The van der Waals surface area contributed by atoms with E-state index in [4.69, 9.17) is 0 Å². The predicted octanol–water partition coefficient (Wildman–Crippen LogP) is 3.84. The smallest absolute Gasteiger partial charge is 0.233 e. The number of allylic oxidation sites excluding steroid dienone is 2. The van der Waals surface area contributed by atoms with Crippen LogP contribution in [0.15, 0.2) is 36.4 Å². The van der Waals surface area contributed by atoms with E-state index in [1.54, 1.807) is 4.90 Å². The van der Waals surface area contributed by atoms with Crippen molar-refractivity contribution in [1.82, 2.24) is 4.90 Å². The Bertz CT molecular complexity index is 914. The molecule has 6 heteroatoms. The molecule has 1 heterocycles. The second-order valence-corrected chi connectivity index (χ2v) is 10.9. The van der Waals surface area contributed by atoms with Crippen LogP contribution in [0.3, 0.4) is 0 Å². The van der Waals surface area contributed by atoms with Crippen LogP contribution in [-0.2, 0) is 14.4 Å². The number of likely N-dealkylation sites (tertiary alicyclic amines) is 1. The summed E-state index contributed by atoms with van der Waals surface area (Å²) in [5.41, 5.74) is 0.818. The van der Waals surface area contributed by atoms with Crippen molar-refractivity contribution in [2.45, 2.75) is 38.1 Å². The number of nitrogens with one attached hydrogen (secondary N) is 1. The van der Waals surface area contributed by atoms with Crippen LogP contribution in [-0.4, -0.2) is 28.7 Å². The number of carbonyl (C=O) groups is 3. The maximum Gasteiger partial charge on any atom is 0.233 e. The molecule has 2 bridgehead atoms. The average Bonchev–Trinajstić information content (AvgIpc) is 3.53. The molecule has 1 aromatic carbocycles. The maximum atomic E-state index is 13.3. The van der Waals surface area contributed by atoms with Gasteiger partial charge in [0, 0.05) is 21.2 Å². The summed E-state index contributed by atoms with van der Waals surface area (Å²) in [5, 5.41) is 3.01. The first-order chi connectivity index (χ1) is 14.5. The molecule has 0 unspecified atom stereocenters. The minimum absolute atomic E-state index is 0.0336. The zero-order chi connectivity index (χ0) is 20.6. The standard InChI is InChI=1S/C24H25IN2O3/c25-13-3-5-14(6-4-13)26-22(28)12-1-7-15(8-2-12)27-23(29)20-16-9-10-17(19-11-18(16)19)21(20)24(27)30/h3-6,9-10,12,15-21H,1-2,7-8,11H2,(H,26,28)/t12?,15?,16-,17+,18-,19+,20+,21-. The van der Waals surface area contributed by atoms with Gasteiger partial charge in [-0.3, -0.25) is 19.3 Å². The van der Waals surface area contributed by atoms with Crippen molar-refractivity contribution >= 4 is 46.0 Å². The van der Waals surface area contributed by atoms with Gasteiger partial charge in [-0.25, -0.2) is 0 Å². The van der Waals surface area contributed by atoms with E-state index in [2.05, 4.69) is 40.1 Å². The summed E-state index contributed by atoms with van der Waals surface area (Å²) in [6.45, 7) is 0. The number of hydrogen-bond acceptors (Lipinski definition) is 3. The van der Waals surface area contributed by atoms with Gasteiger partial charge in [-0.05, 0) is 103 Å². The molecule has 156 valence electrons. The molecular formula is C24H25IN2O3. The summed E-state index contributed by atoms with van der Waals surface area (Å²) >= 11 is 2.24. The van der Waals surface area contributed by atoms with Crippen LogP contribution in [0.2, 0.25) is 0 Å². The van der Waals surface area contributed by atoms with Gasteiger partial charge in [0.15, 0.2) is 0 Å². The van der Waals surface area contributed by atoms with E-state index in [1.165, 1.54) is 6.42 Å². The third kappa shape index (κ3) is 2.82. The van der Waals surface area contributed by atoms with E-state index >= 15 is 0 Å². The lowest BCUT2D eigenvalue weighted by Gasteiger charge is -2.37. The van der Waals surface area contributed by atoms with Crippen LogP contribution < -0.4 is 5.32 Å². The highest BCUT2D eigenvalue weighted by atomic mass is 127. The molecule has 1 saturated heterocycles. The number of imide groups is 1. The Hall–Kier alpha value is -1.70. The topological polar surface area (TPSA) is 66.5 Å². The van der Waals surface area contributed by atoms with E-state index < -0.39 is 0 Å². The van der Waals surface area contributed by atoms with Gasteiger partial charge in [0.2, 0.25) is 17.7 Å². The van der Waals surface area contributed by atoms with Crippen LogP contribution in [0.25, 0.3) is 0 Å². The molecule has 3 saturated carbocycles.